The Kier molecular flexibility index (Phi) is 8.67. The van der Waals surface area contributed by atoms with Gasteiger partial charge < -0.3 is 30.3 Å². The number of rotatable bonds is 9. The number of hydrogen-bond donors (Lipinski definition) is 3. The van der Waals surface area contributed by atoms with E-state index in [4.69, 9.17) is 9.47 Å². The molecular weight excluding hydrogens is 388 g/mol. The molecule has 1 unspecified atom stereocenters. The normalized spacial score (nSPS) is 16.2. The van der Waals surface area contributed by atoms with E-state index in [2.05, 4.69) is 22.9 Å². The first-order valence-corrected chi connectivity index (χ1v) is 9.94. The van der Waals surface area contributed by atoms with E-state index in [-0.39, 0.29) is 25.3 Å². The largest absolute Gasteiger partial charge is 0.460 e. The van der Waals surface area contributed by atoms with Crippen molar-refractivity contribution in [2.45, 2.75) is 32.7 Å². The van der Waals surface area contributed by atoms with Gasteiger partial charge in [-0.25, -0.2) is 14.4 Å². The molecule has 1 aliphatic heterocycles. The highest BCUT2D eigenvalue weighted by molar-refractivity contribution is 5.95. The lowest BCUT2D eigenvalue weighted by molar-refractivity contribution is -0.140. The Morgan fingerprint density at radius 2 is 1.90 bits per heavy atom. The van der Waals surface area contributed by atoms with E-state index in [1.54, 1.807) is 38.2 Å². The fraction of sp³-hybridized carbons (Fsp3) is 0.476. The van der Waals surface area contributed by atoms with Gasteiger partial charge in [0.2, 0.25) is 0 Å². The lowest BCUT2D eigenvalue weighted by Gasteiger charge is -2.33. The maximum Gasteiger partial charge on any atom is 0.338 e. The van der Waals surface area contributed by atoms with Crippen molar-refractivity contribution in [3.05, 3.63) is 41.1 Å². The maximum absolute atomic E-state index is 12.7. The molecule has 0 saturated carbocycles. The van der Waals surface area contributed by atoms with Gasteiger partial charge in [0.05, 0.1) is 18.2 Å². The van der Waals surface area contributed by atoms with Crippen molar-refractivity contribution in [1.29, 1.82) is 0 Å². The Morgan fingerprint density at radius 3 is 2.53 bits per heavy atom. The zero-order valence-corrected chi connectivity index (χ0v) is 17.9. The van der Waals surface area contributed by atoms with Gasteiger partial charge in [-0.15, -0.1) is 0 Å². The molecule has 164 valence electrons. The van der Waals surface area contributed by atoms with Crippen molar-refractivity contribution in [3.8, 4) is 0 Å². The smallest absolute Gasteiger partial charge is 0.338 e. The number of nitrogens with one attached hydrogen (secondary N) is 3. The van der Waals surface area contributed by atoms with E-state index >= 15 is 0 Å². The van der Waals surface area contributed by atoms with Crippen LogP contribution in [-0.2, 0) is 14.3 Å². The molecule has 0 spiro atoms. The van der Waals surface area contributed by atoms with Gasteiger partial charge in [0.1, 0.15) is 6.61 Å². The summed E-state index contributed by atoms with van der Waals surface area (Å²) in [7, 11) is 3.11. The number of ether oxygens (including phenoxy) is 2. The molecule has 0 saturated heterocycles. The summed E-state index contributed by atoms with van der Waals surface area (Å²) in [6.07, 6.45) is 1.91. The molecule has 0 aromatic heterocycles. The van der Waals surface area contributed by atoms with Crippen molar-refractivity contribution < 1.29 is 23.9 Å². The number of unbranched alkanes of at least 4 members (excludes halogenated alkanes) is 1. The molecule has 0 radical (unpaired) electrons. The number of benzene rings is 1. The van der Waals surface area contributed by atoms with E-state index < -0.39 is 12.0 Å². The molecule has 4 amide bonds. The topological polar surface area (TPSA) is 109 Å². The van der Waals surface area contributed by atoms with Gasteiger partial charge >= 0.3 is 18.0 Å². The van der Waals surface area contributed by atoms with E-state index in [0.717, 1.165) is 12.8 Å². The molecule has 1 aromatic carbocycles. The van der Waals surface area contributed by atoms with Crippen LogP contribution in [0.1, 0.15) is 38.3 Å². The average molecular weight is 418 g/mol. The number of amides is 4. The second-order valence-corrected chi connectivity index (χ2v) is 6.93. The summed E-state index contributed by atoms with van der Waals surface area (Å²) in [6.45, 7) is 4.77. The number of nitrogens with zero attached hydrogens (tertiary/aromatic N) is 1. The minimum absolute atomic E-state index is 0.118. The van der Waals surface area contributed by atoms with Crippen LogP contribution in [0.3, 0.4) is 0 Å². The third-order valence-corrected chi connectivity index (χ3v) is 4.81. The minimum Gasteiger partial charge on any atom is -0.460 e. The third kappa shape index (κ3) is 5.96. The fourth-order valence-corrected chi connectivity index (χ4v) is 2.96. The predicted octanol–water partition coefficient (Wildman–Crippen LogP) is 2.77. The second kappa shape index (κ2) is 11.2. The van der Waals surface area contributed by atoms with Gasteiger partial charge in [0.15, 0.2) is 0 Å². The standard InChI is InChI=1S/C21H30N4O5/c1-5-6-11-22-20(27)23-16-9-7-15(8-10-16)18-17(19(26)30-13-12-29-4)14(2)25(3)21(28)24-18/h7-10,18H,5-6,11-13H2,1-4H3,(H,24,28)(H2,22,23,27). The minimum atomic E-state index is -0.656. The first-order valence-electron chi connectivity index (χ1n) is 9.94. The third-order valence-electron chi connectivity index (χ3n) is 4.81. The SMILES string of the molecule is CCCCNC(=O)Nc1ccc(C2NC(=O)N(C)C(C)=C2C(=O)OCCOC)cc1. The Bertz CT molecular complexity index is 791. The van der Waals surface area contributed by atoms with E-state index in [1.165, 1.54) is 12.0 Å². The van der Waals surface area contributed by atoms with Crippen molar-refractivity contribution in [2.24, 2.45) is 0 Å². The molecule has 2 rings (SSSR count). The Balaban J connectivity index is 2.17. The Labute approximate surface area is 176 Å². The molecule has 0 aliphatic carbocycles. The number of esters is 1. The van der Waals surface area contributed by atoms with E-state index in [1.807, 2.05) is 0 Å². The summed E-state index contributed by atoms with van der Waals surface area (Å²) < 4.78 is 10.2. The quantitative estimate of drug-likeness (QED) is 0.422. The van der Waals surface area contributed by atoms with Gasteiger partial charge in [-0.05, 0) is 31.0 Å². The number of carbonyl (C=O) groups is 3. The van der Waals surface area contributed by atoms with Crippen LogP contribution >= 0.6 is 0 Å². The summed E-state index contributed by atoms with van der Waals surface area (Å²) in [5, 5.41) is 8.37. The zero-order valence-electron chi connectivity index (χ0n) is 17.9. The van der Waals surface area contributed by atoms with Crippen molar-refractivity contribution in [2.75, 3.05) is 39.2 Å². The van der Waals surface area contributed by atoms with Crippen molar-refractivity contribution in [1.82, 2.24) is 15.5 Å². The molecule has 9 heteroatoms. The van der Waals surface area contributed by atoms with E-state index in [9.17, 15) is 14.4 Å². The second-order valence-electron chi connectivity index (χ2n) is 6.93. The highest BCUT2D eigenvalue weighted by Crippen LogP contribution is 2.31. The first-order chi connectivity index (χ1) is 14.4. The summed E-state index contributed by atoms with van der Waals surface area (Å²) in [5.74, 6) is -0.515. The first kappa shape index (κ1) is 23.2. The molecule has 1 heterocycles. The number of anilines is 1. The Hall–Kier alpha value is -3.07. The van der Waals surface area contributed by atoms with Gasteiger partial charge in [-0.3, -0.25) is 0 Å². The van der Waals surface area contributed by atoms with Crippen LogP contribution in [0.4, 0.5) is 15.3 Å². The molecule has 0 bridgehead atoms. The highest BCUT2D eigenvalue weighted by Gasteiger charge is 2.35. The lowest BCUT2D eigenvalue weighted by atomic mass is 9.95. The summed E-state index contributed by atoms with van der Waals surface area (Å²) in [4.78, 5) is 38.2. The number of carbonyl (C=O) groups excluding carboxylic acids is 3. The predicted molar refractivity (Wildman–Crippen MR) is 113 cm³/mol. The molecule has 1 aromatic rings. The molecule has 1 aliphatic rings. The summed E-state index contributed by atoms with van der Waals surface area (Å²) in [6, 6.07) is 5.72. The van der Waals surface area contributed by atoms with Crippen LogP contribution in [0.25, 0.3) is 0 Å². The molecule has 1 atom stereocenters. The van der Waals surface area contributed by atoms with Gasteiger partial charge in [0.25, 0.3) is 0 Å². The number of hydrogen-bond acceptors (Lipinski definition) is 5. The lowest BCUT2D eigenvalue weighted by Crippen LogP contribution is -2.46. The molecular formula is C21H30N4O5. The highest BCUT2D eigenvalue weighted by atomic mass is 16.6. The van der Waals surface area contributed by atoms with Gasteiger partial charge in [-0.1, -0.05) is 25.5 Å². The van der Waals surface area contributed by atoms with Crippen LogP contribution in [0.5, 0.6) is 0 Å². The Morgan fingerprint density at radius 1 is 1.20 bits per heavy atom. The molecule has 30 heavy (non-hydrogen) atoms. The number of methoxy groups -OCH3 is 1. The summed E-state index contributed by atoms with van der Waals surface area (Å²) in [5.41, 5.74) is 2.18. The monoisotopic (exact) mass is 418 g/mol. The van der Waals surface area contributed by atoms with Gasteiger partial charge in [0, 0.05) is 32.1 Å². The number of urea groups is 2. The van der Waals surface area contributed by atoms with Crippen LogP contribution in [0, 0.1) is 0 Å². The van der Waals surface area contributed by atoms with Crippen LogP contribution in [0.15, 0.2) is 35.5 Å². The van der Waals surface area contributed by atoms with Gasteiger partial charge in [-0.2, -0.15) is 0 Å². The zero-order chi connectivity index (χ0) is 22.1. The van der Waals surface area contributed by atoms with Crippen molar-refractivity contribution >= 4 is 23.7 Å². The maximum atomic E-state index is 12.7. The molecule has 3 N–H and O–H groups in total. The van der Waals surface area contributed by atoms with Crippen LogP contribution < -0.4 is 16.0 Å². The van der Waals surface area contributed by atoms with E-state index in [0.29, 0.717) is 29.1 Å². The molecule has 9 nitrogen and oxygen atoms in total. The van der Waals surface area contributed by atoms with Crippen LogP contribution in [0.2, 0.25) is 0 Å². The van der Waals surface area contributed by atoms with Crippen LogP contribution in [-0.4, -0.2) is 56.8 Å². The molecule has 0 fully saturated rings. The fourth-order valence-electron chi connectivity index (χ4n) is 2.96. The van der Waals surface area contributed by atoms with Crippen molar-refractivity contribution in [3.63, 3.8) is 0 Å². The average Bonchev–Trinajstić information content (AvgIpc) is 2.72. The summed E-state index contributed by atoms with van der Waals surface area (Å²) >= 11 is 0. The number of allylic oxidation sites excluding steroid dienone is 1.